The van der Waals surface area contributed by atoms with Gasteiger partial charge >= 0.3 is 12.8 Å². The van der Waals surface area contributed by atoms with E-state index in [2.05, 4.69) is 15.0 Å². The highest BCUT2D eigenvalue weighted by Gasteiger charge is 2.36. The van der Waals surface area contributed by atoms with Crippen molar-refractivity contribution in [1.29, 1.82) is 0 Å². The van der Waals surface area contributed by atoms with Gasteiger partial charge in [-0.25, -0.2) is 13.4 Å². The highest BCUT2D eigenvalue weighted by atomic mass is 32.2. The zero-order valence-corrected chi connectivity index (χ0v) is 24.2. The molecule has 1 saturated heterocycles. The summed E-state index contributed by atoms with van der Waals surface area (Å²) >= 11 is 0. The van der Waals surface area contributed by atoms with Crippen molar-refractivity contribution < 1.29 is 49.7 Å². The molecule has 4 rings (SSSR count). The predicted molar refractivity (Wildman–Crippen MR) is 149 cm³/mol. The number of nitrogens with zero attached hydrogens (tertiary/aromatic N) is 2. The van der Waals surface area contributed by atoms with Gasteiger partial charge in [0.2, 0.25) is 0 Å². The predicted octanol–water partition coefficient (Wildman–Crippen LogP) is 4.62. The fourth-order valence-corrected chi connectivity index (χ4v) is 5.62. The van der Waals surface area contributed by atoms with Gasteiger partial charge in [-0.1, -0.05) is 19.1 Å². The molecule has 238 valence electrons. The number of aromatic nitrogens is 1. The summed E-state index contributed by atoms with van der Waals surface area (Å²) in [5.74, 6) is -0.136. The lowest BCUT2D eigenvalue weighted by Gasteiger charge is -2.25. The largest absolute Gasteiger partial charge is 0.489 e. The van der Waals surface area contributed by atoms with Crippen LogP contribution in [0.5, 0.6) is 5.75 Å². The van der Waals surface area contributed by atoms with Crippen LogP contribution in [0.2, 0.25) is 0 Å². The number of anilines is 1. The van der Waals surface area contributed by atoms with Crippen molar-refractivity contribution in [2.45, 2.75) is 49.2 Å². The average Bonchev–Trinajstić information content (AvgIpc) is 3.41. The van der Waals surface area contributed by atoms with Crippen LogP contribution >= 0.6 is 0 Å². The van der Waals surface area contributed by atoms with Crippen LogP contribution in [0, 0.1) is 0 Å². The lowest BCUT2D eigenvalue weighted by Crippen LogP contribution is -2.35. The van der Waals surface area contributed by atoms with E-state index >= 15 is 0 Å². The number of hydrogen-bond donors (Lipinski definition) is 2. The van der Waals surface area contributed by atoms with Gasteiger partial charge in [-0.3, -0.25) is 4.79 Å². The Morgan fingerprint density at radius 3 is 2.32 bits per heavy atom. The molecule has 2 heterocycles. The van der Waals surface area contributed by atoms with Crippen LogP contribution in [-0.2, 0) is 20.8 Å². The summed E-state index contributed by atoms with van der Waals surface area (Å²) in [6, 6.07) is 11.5. The van der Waals surface area contributed by atoms with E-state index in [0.717, 1.165) is 12.1 Å². The molecule has 0 spiro atoms. The maximum absolute atomic E-state index is 12.9. The van der Waals surface area contributed by atoms with Crippen molar-refractivity contribution in [3.05, 3.63) is 83.6 Å². The number of aliphatic hydroxyl groups is 1. The average molecular weight is 644 g/mol. The number of amides is 1. The lowest BCUT2D eigenvalue weighted by atomic mass is 10.1. The van der Waals surface area contributed by atoms with Gasteiger partial charge in [0, 0.05) is 12.6 Å². The van der Waals surface area contributed by atoms with Crippen LogP contribution in [0.3, 0.4) is 0 Å². The summed E-state index contributed by atoms with van der Waals surface area (Å²) in [7, 11) is -3.41. The Morgan fingerprint density at radius 1 is 1.09 bits per heavy atom. The van der Waals surface area contributed by atoms with Crippen molar-refractivity contribution in [1.82, 2.24) is 10.3 Å². The Bertz CT molecular complexity index is 1500. The molecule has 3 aromatic rings. The summed E-state index contributed by atoms with van der Waals surface area (Å²) in [4.78, 5) is 19.0. The molecule has 0 bridgehead atoms. The van der Waals surface area contributed by atoms with Crippen LogP contribution in [0.15, 0.2) is 71.8 Å². The molecule has 1 aliphatic heterocycles. The Hall–Kier alpha value is -3.82. The smallest absolute Gasteiger partial charge is 0.416 e. The van der Waals surface area contributed by atoms with E-state index < -0.39 is 58.9 Å². The minimum absolute atomic E-state index is 0.0697. The van der Waals surface area contributed by atoms with Crippen LogP contribution in [0.25, 0.3) is 0 Å². The molecular weight excluding hydrogens is 613 g/mol. The van der Waals surface area contributed by atoms with E-state index in [1.807, 2.05) is 0 Å². The summed E-state index contributed by atoms with van der Waals surface area (Å²) < 4.78 is 98.7. The van der Waals surface area contributed by atoms with Gasteiger partial charge in [0.15, 0.2) is 9.84 Å². The second-order valence-electron chi connectivity index (χ2n) is 9.98. The van der Waals surface area contributed by atoms with E-state index in [9.17, 15) is 40.3 Å². The second-order valence-corrected chi connectivity index (χ2v) is 12.3. The van der Waals surface area contributed by atoms with Gasteiger partial charge in [0.1, 0.15) is 17.7 Å². The molecule has 2 N–H and O–H groups in total. The number of hydrogen-bond acceptors (Lipinski definition) is 8. The van der Waals surface area contributed by atoms with Crippen molar-refractivity contribution in [3.8, 4) is 5.75 Å². The maximum Gasteiger partial charge on any atom is 0.416 e. The number of rotatable bonds is 12. The number of halogens is 5. The maximum atomic E-state index is 12.9. The second kappa shape index (κ2) is 13.9. The van der Waals surface area contributed by atoms with Crippen molar-refractivity contribution in [2.24, 2.45) is 0 Å². The standard InChI is InChI=1S/C29H30F5N3O6S/c1-2-44(40,41)24-10-3-18(4-11-24)25(16-38)36-27(39)19-5-12-26(35-14-19)37-15-23(13-21(37)17-42-28(30)31)43-22-8-6-20(7-9-22)29(32,33)34/h3-12,14,21,23,25,28,38H,2,13,15-17H2,1H3,(H,36,39)/t21-,23-,25?/m0/s1. The number of aliphatic hydroxyl groups excluding tert-OH is 1. The summed E-state index contributed by atoms with van der Waals surface area (Å²) in [5.41, 5.74) is -0.215. The van der Waals surface area contributed by atoms with Crippen LogP contribution < -0.4 is 15.0 Å². The third kappa shape index (κ3) is 8.21. The first kappa shape index (κ1) is 33.1. The van der Waals surface area contributed by atoms with Gasteiger partial charge in [0.05, 0.1) is 53.6 Å². The zero-order valence-electron chi connectivity index (χ0n) is 23.4. The Balaban J connectivity index is 1.44. The molecule has 1 unspecified atom stereocenters. The molecule has 1 aromatic heterocycles. The van der Waals surface area contributed by atoms with Crippen molar-refractivity contribution >= 4 is 21.6 Å². The number of sulfone groups is 1. The molecule has 2 aromatic carbocycles. The molecule has 3 atom stereocenters. The van der Waals surface area contributed by atoms with Gasteiger partial charge < -0.3 is 24.8 Å². The number of nitrogens with one attached hydrogen (secondary N) is 1. The molecular formula is C29H30F5N3O6S. The third-order valence-electron chi connectivity index (χ3n) is 7.09. The SMILES string of the molecule is CCS(=O)(=O)c1ccc(C(CO)NC(=O)c2ccc(N3C[C@@H](Oc4ccc(C(F)(F)F)cc4)C[C@H]3COC(F)F)nc2)cc1. The topological polar surface area (TPSA) is 118 Å². The highest BCUT2D eigenvalue weighted by Crippen LogP contribution is 2.32. The molecule has 0 aliphatic carbocycles. The molecule has 1 aliphatic rings. The van der Waals surface area contributed by atoms with Gasteiger partial charge in [0.25, 0.3) is 5.91 Å². The van der Waals surface area contributed by atoms with Crippen LogP contribution in [0.4, 0.5) is 27.8 Å². The van der Waals surface area contributed by atoms with Crippen molar-refractivity contribution in [2.75, 3.05) is 30.4 Å². The first-order valence-corrected chi connectivity index (χ1v) is 15.2. The normalized spacial score (nSPS) is 18.0. The minimum Gasteiger partial charge on any atom is -0.489 e. The lowest BCUT2D eigenvalue weighted by molar-refractivity contribution is -0.137. The van der Waals surface area contributed by atoms with E-state index in [1.165, 1.54) is 61.7 Å². The number of carbonyl (C=O) groups is 1. The van der Waals surface area contributed by atoms with Crippen LogP contribution in [0.1, 0.15) is 40.9 Å². The fraction of sp³-hybridized carbons (Fsp3) is 0.379. The van der Waals surface area contributed by atoms with E-state index in [1.54, 1.807) is 4.90 Å². The molecule has 15 heteroatoms. The molecule has 0 saturated carbocycles. The molecule has 1 amide bonds. The molecule has 0 radical (unpaired) electrons. The molecule has 9 nitrogen and oxygen atoms in total. The van der Waals surface area contributed by atoms with Crippen LogP contribution in [-0.4, -0.2) is 68.7 Å². The van der Waals surface area contributed by atoms with E-state index in [-0.39, 0.29) is 41.5 Å². The van der Waals surface area contributed by atoms with Gasteiger partial charge in [-0.2, -0.15) is 22.0 Å². The summed E-state index contributed by atoms with van der Waals surface area (Å²) in [6.07, 6.45) is -3.59. The van der Waals surface area contributed by atoms with E-state index in [4.69, 9.17) is 4.74 Å². The monoisotopic (exact) mass is 643 g/mol. The number of benzene rings is 2. The number of alkyl halides is 5. The van der Waals surface area contributed by atoms with E-state index in [0.29, 0.717) is 11.4 Å². The number of carbonyl (C=O) groups excluding carboxylic acids is 1. The van der Waals surface area contributed by atoms with Gasteiger partial charge in [-0.15, -0.1) is 0 Å². The molecule has 1 fully saturated rings. The van der Waals surface area contributed by atoms with Crippen molar-refractivity contribution in [3.63, 3.8) is 0 Å². The summed E-state index contributed by atoms with van der Waals surface area (Å²) in [5, 5.41) is 12.5. The quantitative estimate of drug-likeness (QED) is 0.275. The molecule has 44 heavy (non-hydrogen) atoms. The Morgan fingerprint density at radius 2 is 1.77 bits per heavy atom. The minimum atomic E-state index is -4.50. The first-order valence-electron chi connectivity index (χ1n) is 13.5. The summed E-state index contributed by atoms with van der Waals surface area (Å²) in [6.45, 7) is -2.16. The highest BCUT2D eigenvalue weighted by molar-refractivity contribution is 7.91. The van der Waals surface area contributed by atoms with Gasteiger partial charge in [-0.05, 0) is 54.1 Å². The Labute approximate surface area is 250 Å². The number of pyridine rings is 1. The Kier molecular flexibility index (Phi) is 10.4. The third-order valence-corrected chi connectivity index (χ3v) is 8.84. The zero-order chi connectivity index (χ0) is 32.1. The number of ether oxygens (including phenoxy) is 2. The fourth-order valence-electron chi connectivity index (χ4n) is 4.74. The first-order chi connectivity index (χ1) is 20.8.